The Kier molecular flexibility index (Phi) is 7.39. The van der Waals surface area contributed by atoms with Crippen LogP contribution in [0.25, 0.3) is 0 Å². The first-order valence-electron chi connectivity index (χ1n) is 5.01. The predicted octanol–water partition coefficient (Wildman–Crippen LogP) is 2.54. The van der Waals surface area contributed by atoms with Crippen molar-refractivity contribution in [1.82, 2.24) is 5.32 Å². The molecule has 1 rings (SSSR count). The molecule has 0 heterocycles. The Labute approximate surface area is 98.4 Å². The summed E-state index contributed by atoms with van der Waals surface area (Å²) in [6.45, 7) is 5.93. The van der Waals surface area contributed by atoms with Crippen LogP contribution in [0.3, 0.4) is 0 Å². The molecule has 1 aromatic rings. The van der Waals surface area contributed by atoms with Gasteiger partial charge in [0.15, 0.2) is 0 Å². The van der Waals surface area contributed by atoms with E-state index >= 15 is 0 Å². The molecule has 0 saturated heterocycles. The van der Waals surface area contributed by atoms with Crippen LogP contribution in [-0.4, -0.2) is 19.8 Å². The first-order valence-corrected chi connectivity index (χ1v) is 5.01. The molecule has 3 heteroatoms. The Balaban J connectivity index is 0.00000196. The smallest absolute Gasteiger partial charge is 0.0613 e. The number of halogens is 1. The molecule has 15 heavy (non-hydrogen) atoms. The van der Waals surface area contributed by atoms with E-state index in [1.165, 1.54) is 11.1 Å². The van der Waals surface area contributed by atoms with Gasteiger partial charge in [-0.3, -0.25) is 0 Å². The second-order valence-electron chi connectivity index (χ2n) is 3.66. The van der Waals surface area contributed by atoms with Gasteiger partial charge in [-0.2, -0.15) is 0 Å². The zero-order chi connectivity index (χ0) is 10.4. The van der Waals surface area contributed by atoms with Gasteiger partial charge >= 0.3 is 0 Å². The lowest BCUT2D eigenvalue weighted by molar-refractivity contribution is 0.171. The number of aryl methyl sites for hydroxylation is 1. The lowest BCUT2D eigenvalue weighted by atomic mass is 10.1. The predicted molar refractivity (Wildman–Crippen MR) is 66.6 cm³/mol. The fourth-order valence-electron chi connectivity index (χ4n) is 1.40. The summed E-state index contributed by atoms with van der Waals surface area (Å²) >= 11 is 0. The molecular weight excluding hydrogens is 210 g/mol. The second-order valence-corrected chi connectivity index (χ2v) is 3.66. The summed E-state index contributed by atoms with van der Waals surface area (Å²) in [5.74, 6) is 0. The van der Waals surface area contributed by atoms with Crippen molar-refractivity contribution in [3.8, 4) is 0 Å². The van der Waals surface area contributed by atoms with Gasteiger partial charge in [-0.05, 0) is 25.0 Å². The largest absolute Gasteiger partial charge is 0.383 e. The molecule has 0 amide bonds. The molecule has 0 aromatic heterocycles. The number of nitrogens with one attached hydrogen (secondary N) is 1. The third-order valence-electron chi connectivity index (χ3n) is 2.32. The minimum absolute atomic E-state index is 0. The Bertz CT molecular complexity index is 278. The van der Waals surface area contributed by atoms with E-state index in [-0.39, 0.29) is 12.4 Å². The van der Waals surface area contributed by atoms with Crippen molar-refractivity contribution in [3.63, 3.8) is 0 Å². The van der Waals surface area contributed by atoms with Gasteiger partial charge in [0, 0.05) is 19.7 Å². The molecule has 1 N–H and O–H groups in total. The Morgan fingerprint density at radius 3 is 2.60 bits per heavy atom. The minimum Gasteiger partial charge on any atom is -0.383 e. The molecule has 1 unspecified atom stereocenters. The normalized spacial score (nSPS) is 11.9. The van der Waals surface area contributed by atoms with Crippen LogP contribution in [-0.2, 0) is 11.3 Å². The molecule has 0 spiro atoms. The Morgan fingerprint density at radius 1 is 1.33 bits per heavy atom. The van der Waals surface area contributed by atoms with Crippen molar-refractivity contribution in [2.75, 3.05) is 13.7 Å². The Hall–Kier alpha value is -0.570. The SMILES string of the molecule is COCC(C)NCc1ccccc1C.Cl. The van der Waals surface area contributed by atoms with E-state index in [4.69, 9.17) is 4.74 Å². The summed E-state index contributed by atoms with van der Waals surface area (Å²) in [6.07, 6.45) is 0. The van der Waals surface area contributed by atoms with Crippen molar-refractivity contribution in [1.29, 1.82) is 0 Å². The monoisotopic (exact) mass is 229 g/mol. The maximum Gasteiger partial charge on any atom is 0.0613 e. The van der Waals surface area contributed by atoms with Gasteiger partial charge in [0.25, 0.3) is 0 Å². The van der Waals surface area contributed by atoms with Crippen LogP contribution < -0.4 is 5.32 Å². The first-order chi connectivity index (χ1) is 6.74. The molecule has 0 bridgehead atoms. The van der Waals surface area contributed by atoms with Crippen molar-refractivity contribution in [2.24, 2.45) is 0 Å². The van der Waals surface area contributed by atoms with E-state index in [1.807, 2.05) is 0 Å². The number of ether oxygens (including phenoxy) is 1. The minimum atomic E-state index is 0. The van der Waals surface area contributed by atoms with Crippen molar-refractivity contribution in [3.05, 3.63) is 35.4 Å². The molecule has 1 atom stereocenters. The summed E-state index contributed by atoms with van der Waals surface area (Å²) in [6, 6.07) is 8.84. The number of methoxy groups -OCH3 is 1. The van der Waals surface area contributed by atoms with Crippen molar-refractivity contribution >= 4 is 12.4 Å². The van der Waals surface area contributed by atoms with Crippen LogP contribution in [0.15, 0.2) is 24.3 Å². The fraction of sp³-hybridized carbons (Fsp3) is 0.500. The van der Waals surface area contributed by atoms with Crippen molar-refractivity contribution in [2.45, 2.75) is 26.4 Å². The summed E-state index contributed by atoms with van der Waals surface area (Å²) in [4.78, 5) is 0. The van der Waals surface area contributed by atoms with Crippen LogP contribution in [0.1, 0.15) is 18.1 Å². The maximum atomic E-state index is 5.06. The fourth-order valence-corrected chi connectivity index (χ4v) is 1.40. The van der Waals surface area contributed by atoms with Crippen LogP contribution in [0.2, 0.25) is 0 Å². The highest BCUT2D eigenvalue weighted by Crippen LogP contribution is 2.06. The van der Waals surface area contributed by atoms with Gasteiger partial charge in [-0.25, -0.2) is 0 Å². The van der Waals surface area contributed by atoms with Gasteiger partial charge in [0.2, 0.25) is 0 Å². The average Bonchev–Trinajstić information content (AvgIpc) is 2.17. The lowest BCUT2D eigenvalue weighted by Gasteiger charge is -2.13. The Morgan fingerprint density at radius 2 is 2.00 bits per heavy atom. The molecular formula is C12H20ClNO. The quantitative estimate of drug-likeness (QED) is 0.838. The second kappa shape index (κ2) is 7.69. The summed E-state index contributed by atoms with van der Waals surface area (Å²) in [5, 5.41) is 3.42. The van der Waals surface area contributed by atoms with E-state index in [0.717, 1.165) is 13.2 Å². The third-order valence-corrected chi connectivity index (χ3v) is 2.32. The summed E-state index contributed by atoms with van der Waals surface area (Å²) in [5.41, 5.74) is 2.69. The van der Waals surface area contributed by atoms with Gasteiger partial charge in [-0.15, -0.1) is 12.4 Å². The molecule has 0 radical (unpaired) electrons. The molecule has 0 aliphatic carbocycles. The van der Waals surface area contributed by atoms with Crippen molar-refractivity contribution < 1.29 is 4.74 Å². The first kappa shape index (κ1) is 14.4. The molecule has 86 valence electrons. The highest BCUT2D eigenvalue weighted by molar-refractivity contribution is 5.85. The van der Waals surface area contributed by atoms with Gasteiger partial charge in [0.05, 0.1) is 6.61 Å². The summed E-state index contributed by atoms with van der Waals surface area (Å²) in [7, 11) is 1.73. The van der Waals surface area contributed by atoms with Crippen LogP contribution in [0, 0.1) is 6.92 Å². The highest BCUT2D eigenvalue weighted by atomic mass is 35.5. The van der Waals surface area contributed by atoms with Crippen LogP contribution >= 0.6 is 12.4 Å². The highest BCUT2D eigenvalue weighted by Gasteiger charge is 2.01. The molecule has 0 aliphatic heterocycles. The van der Waals surface area contributed by atoms with E-state index in [2.05, 4.69) is 43.4 Å². The zero-order valence-corrected chi connectivity index (χ0v) is 10.4. The number of rotatable bonds is 5. The average molecular weight is 230 g/mol. The summed E-state index contributed by atoms with van der Waals surface area (Å²) < 4.78 is 5.06. The van der Waals surface area contributed by atoms with E-state index in [0.29, 0.717) is 6.04 Å². The molecule has 2 nitrogen and oxygen atoms in total. The van der Waals surface area contributed by atoms with E-state index in [1.54, 1.807) is 7.11 Å². The maximum absolute atomic E-state index is 5.06. The van der Waals surface area contributed by atoms with Crippen LogP contribution in [0.4, 0.5) is 0 Å². The molecule has 0 fully saturated rings. The third kappa shape index (κ3) is 5.17. The lowest BCUT2D eigenvalue weighted by Crippen LogP contribution is -2.29. The van der Waals surface area contributed by atoms with E-state index in [9.17, 15) is 0 Å². The van der Waals surface area contributed by atoms with Gasteiger partial charge < -0.3 is 10.1 Å². The topological polar surface area (TPSA) is 21.3 Å². The molecule has 0 aliphatic rings. The number of hydrogen-bond donors (Lipinski definition) is 1. The molecule has 0 saturated carbocycles. The number of hydrogen-bond acceptors (Lipinski definition) is 2. The van der Waals surface area contributed by atoms with Gasteiger partial charge in [0.1, 0.15) is 0 Å². The molecule has 1 aromatic carbocycles. The van der Waals surface area contributed by atoms with Crippen LogP contribution in [0.5, 0.6) is 0 Å². The number of benzene rings is 1. The van der Waals surface area contributed by atoms with E-state index < -0.39 is 0 Å². The zero-order valence-electron chi connectivity index (χ0n) is 9.62. The van der Waals surface area contributed by atoms with Gasteiger partial charge in [-0.1, -0.05) is 24.3 Å². The standard InChI is InChI=1S/C12H19NO.ClH/c1-10-6-4-5-7-12(10)8-13-11(2)9-14-3;/h4-7,11,13H,8-9H2,1-3H3;1H.